The van der Waals surface area contributed by atoms with Gasteiger partial charge in [-0.25, -0.2) is 9.45 Å². The largest absolute Gasteiger partial charge is 0.496 e. The minimum atomic E-state index is -4.59. The van der Waals surface area contributed by atoms with E-state index in [1.165, 1.54) is 6.08 Å². The molecule has 0 unspecified atom stereocenters. The number of carbonyl (C=O) groups excluding carboxylic acids is 1. The predicted molar refractivity (Wildman–Crippen MR) is 43.5 cm³/mol. The molecule has 2 N–H and O–H groups in total. The van der Waals surface area contributed by atoms with E-state index in [1.807, 2.05) is 0 Å². The van der Waals surface area contributed by atoms with Crippen molar-refractivity contribution in [2.75, 3.05) is 6.61 Å². The average Bonchev–Trinajstić information content (AvgIpc) is 1.97. The highest BCUT2D eigenvalue weighted by Crippen LogP contribution is 2.35. The fourth-order valence-corrected chi connectivity index (χ4v) is 0.729. The molecule has 7 heteroatoms. The van der Waals surface area contributed by atoms with Crippen LogP contribution in [0.5, 0.6) is 0 Å². The predicted octanol–water partition coefficient (Wildman–Crippen LogP) is 0.563. The molecule has 0 fully saturated rings. The first-order chi connectivity index (χ1) is 5.95. The molecule has 0 aliphatic rings. The van der Waals surface area contributed by atoms with E-state index in [-0.39, 0.29) is 18.8 Å². The van der Waals surface area contributed by atoms with Crippen molar-refractivity contribution in [3.05, 3.63) is 12.2 Å². The van der Waals surface area contributed by atoms with Gasteiger partial charge in [0.1, 0.15) is 0 Å². The van der Waals surface area contributed by atoms with Gasteiger partial charge < -0.3 is 9.79 Å². The Labute approximate surface area is 75.3 Å². The lowest BCUT2D eigenvalue weighted by atomic mass is 10.3. The van der Waals surface area contributed by atoms with Crippen LogP contribution in [0.4, 0.5) is 0 Å². The molecule has 0 aromatic carbocycles. The van der Waals surface area contributed by atoms with Crippen LogP contribution in [0.2, 0.25) is 0 Å². The number of rotatable bonds is 6. The first-order valence-corrected chi connectivity index (χ1v) is 5.01. The van der Waals surface area contributed by atoms with Gasteiger partial charge in [-0.1, -0.05) is 6.08 Å². The van der Waals surface area contributed by atoms with Crippen LogP contribution in [0.3, 0.4) is 0 Å². The van der Waals surface area contributed by atoms with Crippen molar-refractivity contribution in [3.63, 3.8) is 0 Å². The molecule has 0 heterocycles. The van der Waals surface area contributed by atoms with E-state index in [9.17, 15) is 9.36 Å². The van der Waals surface area contributed by atoms with Crippen molar-refractivity contribution in [2.45, 2.75) is 13.3 Å². The third kappa shape index (κ3) is 9.39. The second-order valence-electron chi connectivity index (χ2n) is 2.10. The highest BCUT2D eigenvalue weighted by atomic mass is 31.2. The van der Waals surface area contributed by atoms with Gasteiger partial charge in [0.05, 0.1) is 6.61 Å². The van der Waals surface area contributed by atoms with Crippen molar-refractivity contribution in [1.82, 2.24) is 0 Å². The van der Waals surface area contributed by atoms with Crippen LogP contribution in [-0.2, 0) is 18.9 Å². The Balaban J connectivity index is 3.47. The third-order valence-electron chi connectivity index (χ3n) is 0.934. The van der Waals surface area contributed by atoms with E-state index >= 15 is 0 Å². The van der Waals surface area contributed by atoms with Crippen molar-refractivity contribution >= 4 is 13.6 Å². The second-order valence-corrected chi connectivity index (χ2v) is 3.23. The average molecular weight is 210 g/mol. The molecule has 0 radical (unpaired) electrons. The summed E-state index contributed by atoms with van der Waals surface area (Å²) in [4.78, 5) is 31.2. The lowest BCUT2D eigenvalue weighted by molar-refractivity contribution is -0.221. The van der Waals surface area contributed by atoms with Gasteiger partial charge in [0.2, 0.25) is 0 Å². The molecule has 0 saturated heterocycles. The minimum absolute atomic E-state index is 0.0182. The monoisotopic (exact) mass is 210 g/mol. The zero-order valence-electron chi connectivity index (χ0n) is 7.04. The van der Waals surface area contributed by atoms with E-state index in [2.05, 4.69) is 9.56 Å². The third-order valence-corrected chi connectivity index (χ3v) is 1.23. The zero-order chi connectivity index (χ0) is 10.3. The molecule has 0 saturated carbocycles. The second kappa shape index (κ2) is 6.01. The summed E-state index contributed by atoms with van der Waals surface area (Å²) in [7, 11) is -4.59. The van der Waals surface area contributed by atoms with E-state index < -0.39 is 7.82 Å². The number of ketones is 1. The Morgan fingerprint density at radius 1 is 1.54 bits per heavy atom. The molecular formula is C6H11O6P. The summed E-state index contributed by atoms with van der Waals surface area (Å²) < 4.78 is 13.7. The smallest absolute Gasteiger partial charge is 0.301 e. The topological polar surface area (TPSA) is 93.1 Å². The van der Waals surface area contributed by atoms with Gasteiger partial charge in [0.15, 0.2) is 5.78 Å². The number of hydrogen-bond acceptors (Lipinski definition) is 4. The van der Waals surface area contributed by atoms with Gasteiger partial charge >= 0.3 is 7.82 Å². The van der Waals surface area contributed by atoms with Gasteiger partial charge in [-0.3, -0.25) is 4.79 Å². The number of carbonyl (C=O) groups is 1. The first kappa shape index (κ1) is 12.5. The SMILES string of the molecule is CC=CC(=O)CCOOP(=O)(O)O. The summed E-state index contributed by atoms with van der Waals surface area (Å²) in [6, 6.07) is 0. The van der Waals surface area contributed by atoms with Gasteiger partial charge in [0, 0.05) is 6.42 Å². The molecule has 0 atom stereocenters. The molecule has 0 aromatic rings. The molecule has 76 valence electrons. The maximum Gasteiger partial charge on any atom is 0.496 e. The van der Waals surface area contributed by atoms with Gasteiger partial charge in [-0.2, -0.15) is 0 Å². The fourth-order valence-electron chi connectivity index (χ4n) is 0.517. The Bertz CT molecular complexity index is 229. The van der Waals surface area contributed by atoms with Gasteiger partial charge in [-0.05, 0) is 13.0 Å². The molecule has 0 aliphatic heterocycles. The maximum absolute atomic E-state index is 10.8. The van der Waals surface area contributed by atoms with E-state index in [4.69, 9.17) is 9.79 Å². The van der Waals surface area contributed by atoms with Crippen LogP contribution in [0.15, 0.2) is 12.2 Å². The highest BCUT2D eigenvalue weighted by Gasteiger charge is 2.14. The number of allylic oxidation sites excluding steroid dienone is 2. The van der Waals surface area contributed by atoms with Crippen LogP contribution >= 0.6 is 7.82 Å². The van der Waals surface area contributed by atoms with E-state index in [0.29, 0.717) is 0 Å². The fraction of sp³-hybridized carbons (Fsp3) is 0.500. The summed E-state index contributed by atoms with van der Waals surface area (Å²) in [5.41, 5.74) is 0. The molecule has 0 spiro atoms. The summed E-state index contributed by atoms with van der Waals surface area (Å²) in [6.45, 7) is 1.50. The summed E-state index contributed by atoms with van der Waals surface area (Å²) in [6.07, 6.45) is 2.91. The summed E-state index contributed by atoms with van der Waals surface area (Å²) >= 11 is 0. The molecular weight excluding hydrogens is 199 g/mol. The minimum Gasteiger partial charge on any atom is -0.301 e. The number of phosphoric acid groups is 1. The lowest BCUT2D eigenvalue weighted by Crippen LogP contribution is -2.01. The maximum atomic E-state index is 10.8. The standard InChI is InChI=1S/C6H11O6P/c1-2-3-6(7)4-5-11-12-13(8,9)10/h2-3H,4-5H2,1H3,(H2,8,9,10). The Kier molecular flexibility index (Phi) is 5.77. The Morgan fingerprint density at radius 3 is 2.62 bits per heavy atom. The molecule has 0 rings (SSSR count). The number of hydrogen-bond donors (Lipinski definition) is 2. The highest BCUT2D eigenvalue weighted by molar-refractivity contribution is 7.46. The lowest BCUT2D eigenvalue weighted by Gasteiger charge is -2.02. The van der Waals surface area contributed by atoms with Crippen molar-refractivity contribution in [3.8, 4) is 0 Å². The van der Waals surface area contributed by atoms with E-state index in [1.54, 1.807) is 13.0 Å². The van der Waals surface area contributed by atoms with Crippen LogP contribution in [0.1, 0.15) is 13.3 Å². The van der Waals surface area contributed by atoms with Crippen molar-refractivity contribution in [2.24, 2.45) is 0 Å². The summed E-state index contributed by atoms with van der Waals surface area (Å²) in [5.74, 6) is -0.197. The molecule has 0 amide bonds. The van der Waals surface area contributed by atoms with E-state index in [0.717, 1.165) is 0 Å². The molecule has 0 aromatic heterocycles. The Hall–Kier alpha value is -0.520. The van der Waals surface area contributed by atoms with Crippen LogP contribution < -0.4 is 0 Å². The van der Waals surface area contributed by atoms with Crippen molar-refractivity contribution < 1.29 is 28.7 Å². The van der Waals surface area contributed by atoms with Gasteiger partial charge in [-0.15, -0.1) is 4.67 Å². The van der Waals surface area contributed by atoms with Crippen LogP contribution in [-0.4, -0.2) is 22.2 Å². The summed E-state index contributed by atoms with van der Waals surface area (Å²) in [5, 5.41) is 0. The molecule has 0 aliphatic carbocycles. The van der Waals surface area contributed by atoms with Crippen LogP contribution in [0, 0.1) is 0 Å². The van der Waals surface area contributed by atoms with Crippen molar-refractivity contribution in [1.29, 1.82) is 0 Å². The van der Waals surface area contributed by atoms with Gasteiger partial charge in [0.25, 0.3) is 0 Å². The molecule has 0 bridgehead atoms. The molecule has 6 nitrogen and oxygen atoms in total. The quantitative estimate of drug-likeness (QED) is 0.219. The Morgan fingerprint density at radius 2 is 2.15 bits per heavy atom. The first-order valence-electron chi connectivity index (χ1n) is 3.48. The zero-order valence-corrected chi connectivity index (χ0v) is 7.94. The normalized spacial score (nSPS) is 12.2. The molecule has 13 heavy (non-hydrogen) atoms. The van der Waals surface area contributed by atoms with Crippen LogP contribution in [0.25, 0.3) is 0 Å².